The van der Waals surface area contributed by atoms with Crippen molar-refractivity contribution in [2.75, 3.05) is 5.32 Å². The smallest absolute Gasteiger partial charge is 0.227 e. The monoisotopic (exact) mass is 346 g/mol. The lowest BCUT2D eigenvalue weighted by Crippen LogP contribution is -2.29. The van der Waals surface area contributed by atoms with Crippen molar-refractivity contribution in [2.24, 2.45) is 0 Å². The third-order valence-electron chi connectivity index (χ3n) is 4.32. The van der Waals surface area contributed by atoms with Crippen LogP contribution >= 0.6 is 0 Å². The fourth-order valence-electron chi connectivity index (χ4n) is 2.95. The van der Waals surface area contributed by atoms with Crippen LogP contribution in [0, 0.1) is 0 Å². The first-order chi connectivity index (χ1) is 12.7. The number of aryl methyl sites for hydroxylation is 1. The molecule has 4 aromatic rings. The maximum atomic E-state index is 9.57. The summed E-state index contributed by atoms with van der Waals surface area (Å²) in [6.45, 7) is 2.67. The Labute approximate surface area is 151 Å². The maximum absolute atomic E-state index is 9.57. The van der Waals surface area contributed by atoms with Crippen LogP contribution < -0.4 is 10.0 Å². The van der Waals surface area contributed by atoms with Crippen molar-refractivity contribution in [3.05, 3.63) is 78.2 Å². The quantitative estimate of drug-likeness (QED) is 0.430. The molecule has 0 spiro atoms. The van der Waals surface area contributed by atoms with Crippen LogP contribution in [-0.4, -0.2) is 19.8 Å². The van der Waals surface area contributed by atoms with E-state index < -0.39 is 0 Å². The first-order valence-corrected chi connectivity index (χ1v) is 8.61. The van der Waals surface area contributed by atoms with Gasteiger partial charge in [0.05, 0.1) is 11.9 Å². The van der Waals surface area contributed by atoms with Crippen LogP contribution in [0.15, 0.2) is 67.1 Å². The van der Waals surface area contributed by atoms with Gasteiger partial charge < -0.3 is 5.32 Å². The van der Waals surface area contributed by atoms with Crippen molar-refractivity contribution < 1.29 is 9.94 Å². The van der Waals surface area contributed by atoms with Gasteiger partial charge in [0.15, 0.2) is 5.65 Å². The fourth-order valence-corrected chi connectivity index (χ4v) is 2.95. The Kier molecular flexibility index (Phi) is 4.23. The molecule has 3 heterocycles. The second-order valence-electron chi connectivity index (χ2n) is 6.10. The van der Waals surface area contributed by atoms with E-state index in [-0.39, 0.29) is 0 Å². The number of nitrogens with one attached hydrogen (secondary N) is 1. The highest BCUT2D eigenvalue weighted by Crippen LogP contribution is 2.24. The normalized spacial score (nSPS) is 11.0. The summed E-state index contributed by atoms with van der Waals surface area (Å²) in [5.41, 5.74) is 4.90. The Morgan fingerprint density at radius 2 is 2.00 bits per heavy atom. The highest BCUT2D eigenvalue weighted by atomic mass is 16.5. The van der Waals surface area contributed by atoms with Gasteiger partial charge in [0.1, 0.15) is 5.82 Å². The minimum Gasteiger partial charge on any atom is -0.366 e. The van der Waals surface area contributed by atoms with E-state index in [1.54, 1.807) is 18.5 Å². The van der Waals surface area contributed by atoms with Crippen LogP contribution in [0.2, 0.25) is 0 Å². The van der Waals surface area contributed by atoms with Gasteiger partial charge in [-0.15, -0.1) is 0 Å². The highest BCUT2D eigenvalue weighted by Gasteiger charge is 2.12. The van der Waals surface area contributed by atoms with Crippen LogP contribution in [0.25, 0.3) is 16.9 Å². The van der Waals surface area contributed by atoms with Crippen molar-refractivity contribution in [1.82, 2.24) is 14.6 Å². The molecule has 0 radical (unpaired) electrons. The van der Waals surface area contributed by atoms with E-state index in [4.69, 9.17) is 4.98 Å². The van der Waals surface area contributed by atoms with Gasteiger partial charge in [-0.25, -0.2) is 4.98 Å². The molecule has 0 saturated carbocycles. The molecule has 0 aliphatic rings. The molecule has 0 aliphatic heterocycles. The summed E-state index contributed by atoms with van der Waals surface area (Å²) in [5.74, 6) is 0.863. The van der Waals surface area contributed by atoms with Gasteiger partial charge in [0, 0.05) is 40.1 Å². The van der Waals surface area contributed by atoms with Crippen LogP contribution in [0.3, 0.4) is 0 Å². The molecular weight excluding hydrogens is 326 g/mol. The van der Waals surface area contributed by atoms with E-state index in [1.807, 2.05) is 41.0 Å². The van der Waals surface area contributed by atoms with Crippen LogP contribution in [0.5, 0.6) is 0 Å². The number of nitrogens with zero attached hydrogens (tertiary/aromatic N) is 4. The number of hydrogen-bond acceptors (Lipinski definition) is 4. The Balaban J connectivity index is 1.76. The molecule has 130 valence electrons. The summed E-state index contributed by atoms with van der Waals surface area (Å²) in [4.78, 5) is 4.82. The third kappa shape index (κ3) is 3.09. The van der Waals surface area contributed by atoms with E-state index in [0.717, 1.165) is 45.0 Å². The largest absolute Gasteiger partial charge is 0.366 e. The number of benzene rings is 1. The molecule has 2 N–H and O–H groups in total. The second kappa shape index (κ2) is 6.84. The molecule has 0 aliphatic carbocycles. The molecule has 0 atom stereocenters. The van der Waals surface area contributed by atoms with Crippen molar-refractivity contribution in [3.63, 3.8) is 0 Å². The molecule has 0 fully saturated rings. The van der Waals surface area contributed by atoms with E-state index >= 15 is 0 Å². The summed E-state index contributed by atoms with van der Waals surface area (Å²) < 4.78 is 2.89. The summed E-state index contributed by atoms with van der Waals surface area (Å²) in [7, 11) is 0. The fraction of sp³-hybridized carbons (Fsp3) is 0.150. The van der Waals surface area contributed by atoms with Gasteiger partial charge in [-0.2, -0.15) is 9.61 Å². The van der Waals surface area contributed by atoms with Crippen molar-refractivity contribution >= 4 is 11.5 Å². The van der Waals surface area contributed by atoms with Crippen molar-refractivity contribution in [1.29, 1.82) is 0 Å². The molecule has 3 aromatic heterocycles. The summed E-state index contributed by atoms with van der Waals surface area (Å²) in [6, 6.07) is 15.9. The number of anilines is 1. The summed E-state index contributed by atoms with van der Waals surface area (Å²) in [6.07, 6.45) is 6.00. The molecule has 0 unspecified atom stereocenters. The highest BCUT2D eigenvalue weighted by molar-refractivity contribution is 5.67. The maximum Gasteiger partial charge on any atom is 0.227 e. The number of fused-ring (bicyclic) bond motifs is 1. The first-order valence-electron chi connectivity index (χ1n) is 8.61. The number of rotatable bonds is 5. The van der Waals surface area contributed by atoms with Crippen LogP contribution in [-0.2, 0) is 13.0 Å². The Bertz CT molecular complexity index is 1040. The predicted octanol–water partition coefficient (Wildman–Crippen LogP) is 3.10. The standard InChI is InChI=1S/C20H20N5O/c1-2-16-13-22-25-19(21-12-15-7-6-10-24(26)14-15)11-18(23-20(16)25)17-8-4-3-5-9-17/h3-11,13-14,21,26H,2,12H2,1H3/q+1. The van der Waals surface area contributed by atoms with Gasteiger partial charge in [-0.1, -0.05) is 37.3 Å². The van der Waals surface area contributed by atoms with Gasteiger partial charge in [-0.3, -0.25) is 5.21 Å². The lowest BCUT2D eigenvalue weighted by atomic mass is 10.1. The molecular formula is C20H20N5O+. The zero-order valence-electron chi connectivity index (χ0n) is 14.5. The van der Waals surface area contributed by atoms with E-state index in [9.17, 15) is 5.21 Å². The third-order valence-corrected chi connectivity index (χ3v) is 4.32. The molecule has 0 saturated heterocycles. The van der Waals surface area contributed by atoms with E-state index in [2.05, 4.69) is 29.5 Å². The number of aromatic nitrogens is 4. The van der Waals surface area contributed by atoms with Crippen molar-refractivity contribution in [3.8, 4) is 11.3 Å². The van der Waals surface area contributed by atoms with Crippen LogP contribution in [0.4, 0.5) is 5.82 Å². The lowest BCUT2D eigenvalue weighted by Gasteiger charge is -2.11. The van der Waals surface area contributed by atoms with Crippen LogP contribution in [0.1, 0.15) is 18.1 Å². The molecule has 6 nitrogen and oxygen atoms in total. The molecule has 6 heteroatoms. The lowest BCUT2D eigenvalue weighted by molar-refractivity contribution is -0.905. The minimum atomic E-state index is 0.566. The Morgan fingerprint density at radius 1 is 1.15 bits per heavy atom. The average Bonchev–Trinajstić information content (AvgIpc) is 3.10. The Hall–Kier alpha value is -3.41. The molecule has 0 bridgehead atoms. The zero-order valence-corrected chi connectivity index (χ0v) is 14.5. The topological polar surface area (TPSA) is 66.3 Å². The Morgan fingerprint density at radius 3 is 2.77 bits per heavy atom. The zero-order chi connectivity index (χ0) is 17.9. The minimum absolute atomic E-state index is 0.566. The molecule has 4 rings (SSSR count). The SMILES string of the molecule is CCc1cnn2c(NCc3ccc[n+](O)c3)cc(-c3ccccc3)nc12. The number of hydrogen-bond donors (Lipinski definition) is 2. The molecule has 0 amide bonds. The second-order valence-corrected chi connectivity index (χ2v) is 6.10. The molecule has 26 heavy (non-hydrogen) atoms. The van der Waals surface area contributed by atoms with Gasteiger partial charge >= 0.3 is 0 Å². The van der Waals surface area contributed by atoms with Gasteiger partial charge in [0.25, 0.3) is 0 Å². The van der Waals surface area contributed by atoms with E-state index in [0.29, 0.717) is 6.54 Å². The van der Waals surface area contributed by atoms with E-state index in [1.165, 1.54) is 0 Å². The number of pyridine rings is 1. The van der Waals surface area contributed by atoms with Gasteiger partial charge in [-0.05, 0) is 12.5 Å². The molecule has 1 aromatic carbocycles. The van der Waals surface area contributed by atoms with Crippen molar-refractivity contribution in [2.45, 2.75) is 19.9 Å². The predicted molar refractivity (Wildman–Crippen MR) is 98.9 cm³/mol. The summed E-state index contributed by atoms with van der Waals surface area (Å²) >= 11 is 0. The van der Waals surface area contributed by atoms with Gasteiger partial charge in [0.2, 0.25) is 12.4 Å². The average molecular weight is 346 g/mol. The summed E-state index contributed by atoms with van der Waals surface area (Å²) in [5, 5.41) is 17.5. The first kappa shape index (κ1) is 16.1.